The third-order valence-corrected chi connectivity index (χ3v) is 4.64. The fourth-order valence-electron chi connectivity index (χ4n) is 3.45. The summed E-state index contributed by atoms with van der Waals surface area (Å²) >= 11 is 0. The Morgan fingerprint density at radius 3 is 2.67 bits per heavy atom. The standard InChI is InChI=1S/C17H32N4/c1-13(2)10-15-12-21(17(11-18-15)14(3)4)9-7-16-6-8-19-20(16)5/h6,8,13-15,17-18H,7,9-12H2,1-5H3. The highest BCUT2D eigenvalue weighted by molar-refractivity contribution is 5.01. The molecule has 1 N–H and O–H groups in total. The average molecular weight is 292 g/mol. The monoisotopic (exact) mass is 292 g/mol. The van der Waals surface area contributed by atoms with Crippen LogP contribution in [-0.2, 0) is 13.5 Å². The van der Waals surface area contributed by atoms with Crippen molar-refractivity contribution in [2.45, 2.75) is 52.6 Å². The highest BCUT2D eigenvalue weighted by Crippen LogP contribution is 2.18. The molecule has 2 heterocycles. The summed E-state index contributed by atoms with van der Waals surface area (Å²) in [4.78, 5) is 2.70. The van der Waals surface area contributed by atoms with Gasteiger partial charge in [-0.15, -0.1) is 0 Å². The summed E-state index contributed by atoms with van der Waals surface area (Å²) in [5.41, 5.74) is 1.33. The molecule has 21 heavy (non-hydrogen) atoms. The molecular formula is C17H32N4. The quantitative estimate of drug-likeness (QED) is 0.873. The molecule has 1 aliphatic rings. The van der Waals surface area contributed by atoms with Gasteiger partial charge in [-0.1, -0.05) is 27.7 Å². The van der Waals surface area contributed by atoms with E-state index in [1.807, 2.05) is 17.9 Å². The van der Waals surface area contributed by atoms with Gasteiger partial charge >= 0.3 is 0 Å². The molecule has 0 spiro atoms. The molecule has 0 aromatic carbocycles. The first-order valence-corrected chi connectivity index (χ1v) is 8.41. The lowest BCUT2D eigenvalue weighted by molar-refractivity contribution is 0.0929. The van der Waals surface area contributed by atoms with Crippen LogP contribution >= 0.6 is 0 Å². The van der Waals surface area contributed by atoms with E-state index in [4.69, 9.17) is 0 Å². The van der Waals surface area contributed by atoms with Crippen molar-refractivity contribution >= 4 is 0 Å². The van der Waals surface area contributed by atoms with E-state index in [0.29, 0.717) is 18.0 Å². The third kappa shape index (κ3) is 4.55. The van der Waals surface area contributed by atoms with Crippen LogP contribution < -0.4 is 5.32 Å². The third-order valence-electron chi connectivity index (χ3n) is 4.64. The molecule has 1 fully saturated rings. The van der Waals surface area contributed by atoms with Gasteiger partial charge in [-0.25, -0.2) is 0 Å². The lowest BCUT2D eigenvalue weighted by atomic mass is 9.94. The van der Waals surface area contributed by atoms with Crippen LogP contribution in [0.3, 0.4) is 0 Å². The van der Waals surface area contributed by atoms with E-state index < -0.39 is 0 Å². The van der Waals surface area contributed by atoms with Crippen LogP contribution in [0.15, 0.2) is 12.3 Å². The maximum atomic E-state index is 4.27. The van der Waals surface area contributed by atoms with Crippen molar-refractivity contribution in [3.63, 3.8) is 0 Å². The zero-order valence-corrected chi connectivity index (χ0v) is 14.3. The lowest BCUT2D eigenvalue weighted by Gasteiger charge is -2.43. The fourth-order valence-corrected chi connectivity index (χ4v) is 3.45. The van der Waals surface area contributed by atoms with E-state index in [0.717, 1.165) is 25.4 Å². The van der Waals surface area contributed by atoms with Gasteiger partial charge in [0.1, 0.15) is 0 Å². The molecule has 2 atom stereocenters. The molecule has 4 heteroatoms. The number of hydrogen-bond donors (Lipinski definition) is 1. The summed E-state index contributed by atoms with van der Waals surface area (Å²) in [7, 11) is 2.04. The highest BCUT2D eigenvalue weighted by atomic mass is 15.3. The Labute approximate surface area is 129 Å². The molecule has 2 unspecified atom stereocenters. The molecule has 1 aliphatic heterocycles. The van der Waals surface area contributed by atoms with E-state index >= 15 is 0 Å². The predicted octanol–water partition coefficient (Wildman–Crippen LogP) is 2.31. The summed E-state index contributed by atoms with van der Waals surface area (Å²) in [6, 6.07) is 3.44. The topological polar surface area (TPSA) is 33.1 Å². The number of aryl methyl sites for hydroxylation is 1. The van der Waals surface area contributed by atoms with Crippen LogP contribution in [0.25, 0.3) is 0 Å². The van der Waals surface area contributed by atoms with Crippen LogP contribution in [0.5, 0.6) is 0 Å². The first kappa shape index (κ1) is 16.5. The van der Waals surface area contributed by atoms with Gasteiger partial charge in [0.25, 0.3) is 0 Å². The Bertz CT molecular complexity index is 424. The second-order valence-corrected chi connectivity index (χ2v) is 7.24. The number of rotatable bonds is 6. The molecule has 1 saturated heterocycles. The number of aromatic nitrogens is 2. The van der Waals surface area contributed by atoms with Gasteiger partial charge in [-0.2, -0.15) is 5.10 Å². The fraction of sp³-hybridized carbons (Fsp3) is 0.824. The van der Waals surface area contributed by atoms with Gasteiger partial charge in [0, 0.05) is 57.1 Å². The van der Waals surface area contributed by atoms with Crippen LogP contribution in [-0.4, -0.2) is 46.4 Å². The van der Waals surface area contributed by atoms with E-state index in [2.05, 4.69) is 49.1 Å². The summed E-state index contributed by atoms with van der Waals surface area (Å²) in [5.74, 6) is 1.46. The summed E-state index contributed by atoms with van der Waals surface area (Å²) < 4.78 is 2.00. The summed E-state index contributed by atoms with van der Waals surface area (Å²) in [6.07, 6.45) is 4.26. The van der Waals surface area contributed by atoms with Crippen molar-refractivity contribution in [2.24, 2.45) is 18.9 Å². The largest absolute Gasteiger partial charge is 0.311 e. The van der Waals surface area contributed by atoms with Crippen LogP contribution in [0.1, 0.15) is 39.8 Å². The molecule has 1 aromatic rings. The zero-order chi connectivity index (χ0) is 15.4. The van der Waals surface area contributed by atoms with Gasteiger partial charge in [0.15, 0.2) is 0 Å². The Morgan fingerprint density at radius 1 is 1.33 bits per heavy atom. The van der Waals surface area contributed by atoms with Gasteiger partial charge in [-0.05, 0) is 24.3 Å². The molecule has 1 aromatic heterocycles. The van der Waals surface area contributed by atoms with Gasteiger partial charge < -0.3 is 5.32 Å². The van der Waals surface area contributed by atoms with Crippen molar-refractivity contribution in [1.82, 2.24) is 20.0 Å². The van der Waals surface area contributed by atoms with Gasteiger partial charge in [-0.3, -0.25) is 9.58 Å². The first-order valence-electron chi connectivity index (χ1n) is 8.41. The number of nitrogens with zero attached hydrogens (tertiary/aromatic N) is 3. The minimum Gasteiger partial charge on any atom is -0.311 e. The number of nitrogens with one attached hydrogen (secondary N) is 1. The zero-order valence-electron chi connectivity index (χ0n) is 14.3. The van der Waals surface area contributed by atoms with E-state index in [9.17, 15) is 0 Å². The van der Waals surface area contributed by atoms with Gasteiger partial charge in [0.2, 0.25) is 0 Å². The molecule has 120 valence electrons. The van der Waals surface area contributed by atoms with E-state index in [1.54, 1.807) is 0 Å². The first-order chi connectivity index (χ1) is 9.97. The van der Waals surface area contributed by atoms with Crippen molar-refractivity contribution in [1.29, 1.82) is 0 Å². The van der Waals surface area contributed by atoms with Crippen molar-refractivity contribution in [3.8, 4) is 0 Å². The predicted molar refractivity (Wildman–Crippen MR) is 88.4 cm³/mol. The number of hydrogen-bond acceptors (Lipinski definition) is 3. The normalized spacial score (nSPS) is 24.1. The summed E-state index contributed by atoms with van der Waals surface area (Å²) in [6.45, 7) is 12.8. The molecule has 0 bridgehead atoms. The number of piperazine rings is 1. The molecule has 0 radical (unpaired) electrons. The average Bonchev–Trinajstić information content (AvgIpc) is 2.81. The molecule has 4 nitrogen and oxygen atoms in total. The molecule has 2 rings (SSSR count). The minimum atomic E-state index is 0.645. The second kappa shape index (κ2) is 7.41. The lowest BCUT2D eigenvalue weighted by Crippen LogP contribution is -2.58. The Hall–Kier alpha value is -0.870. The van der Waals surface area contributed by atoms with Crippen LogP contribution in [0.4, 0.5) is 0 Å². The minimum absolute atomic E-state index is 0.645. The van der Waals surface area contributed by atoms with E-state index in [-0.39, 0.29) is 0 Å². The van der Waals surface area contributed by atoms with Crippen molar-refractivity contribution < 1.29 is 0 Å². The van der Waals surface area contributed by atoms with Crippen molar-refractivity contribution in [2.75, 3.05) is 19.6 Å². The maximum Gasteiger partial charge on any atom is 0.0492 e. The van der Waals surface area contributed by atoms with Gasteiger partial charge in [0.05, 0.1) is 0 Å². The Morgan fingerprint density at radius 2 is 2.10 bits per heavy atom. The second-order valence-electron chi connectivity index (χ2n) is 7.24. The Kier molecular flexibility index (Phi) is 5.82. The van der Waals surface area contributed by atoms with Crippen molar-refractivity contribution in [3.05, 3.63) is 18.0 Å². The van der Waals surface area contributed by atoms with Crippen LogP contribution in [0.2, 0.25) is 0 Å². The van der Waals surface area contributed by atoms with Crippen LogP contribution in [0, 0.1) is 11.8 Å². The molecular weight excluding hydrogens is 260 g/mol. The molecule has 0 amide bonds. The molecule has 0 saturated carbocycles. The Balaban J connectivity index is 1.95. The molecule has 0 aliphatic carbocycles. The van der Waals surface area contributed by atoms with E-state index in [1.165, 1.54) is 18.7 Å². The SMILES string of the molecule is CC(C)CC1CN(CCc2ccnn2C)C(C(C)C)CN1. The summed E-state index contributed by atoms with van der Waals surface area (Å²) in [5, 5.41) is 8.03. The highest BCUT2D eigenvalue weighted by Gasteiger charge is 2.29. The maximum absolute atomic E-state index is 4.27. The smallest absolute Gasteiger partial charge is 0.0492 e.